The van der Waals surface area contributed by atoms with Crippen LogP contribution in [0.15, 0.2) is 23.0 Å². The van der Waals surface area contributed by atoms with Crippen LogP contribution >= 0.6 is 0 Å². The van der Waals surface area contributed by atoms with E-state index in [-0.39, 0.29) is 5.56 Å². The molecule has 0 fully saturated rings. The molecule has 0 aliphatic rings. The van der Waals surface area contributed by atoms with Gasteiger partial charge in [-0.3, -0.25) is 4.79 Å². The van der Waals surface area contributed by atoms with Gasteiger partial charge in [-0.25, -0.2) is 0 Å². The van der Waals surface area contributed by atoms with Crippen molar-refractivity contribution in [2.24, 2.45) is 0 Å². The van der Waals surface area contributed by atoms with E-state index in [4.69, 9.17) is 14.2 Å². The number of unbranched alkanes of at least 4 members (excludes halogenated alkanes) is 6. The summed E-state index contributed by atoms with van der Waals surface area (Å²) in [6, 6.07) is 5.98. The predicted octanol–water partition coefficient (Wildman–Crippen LogP) is 7.12. The van der Waals surface area contributed by atoms with E-state index < -0.39 is 0 Å². The summed E-state index contributed by atoms with van der Waals surface area (Å²) < 4.78 is 20.0. The Morgan fingerprint density at radius 1 is 0.688 bits per heavy atom. The average Bonchev–Trinajstić information content (AvgIpc) is 2.80. The Morgan fingerprint density at radius 2 is 1.31 bits per heavy atom. The van der Waals surface area contributed by atoms with E-state index in [0.717, 1.165) is 68.0 Å². The third-order valence-electron chi connectivity index (χ3n) is 5.64. The minimum atomic E-state index is -0.0985. The van der Waals surface area contributed by atoms with E-state index in [0.29, 0.717) is 37.9 Å². The van der Waals surface area contributed by atoms with Gasteiger partial charge in [-0.2, -0.15) is 0 Å². The van der Waals surface area contributed by atoms with E-state index in [1.54, 1.807) is 0 Å². The molecule has 0 saturated carbocycles. The maximum Gasteiger partial charge on any atom is 0.297 e. The van der Waals surface area contributed by atoms with E-state index in [9.17, 15) is 4.79 Å². The van der Waals surface area contributed by atoms with E-state index in [1.165, 1.54) is 12.8 Å². The summed E-state index contributed by atoms with van der Waals surface area (Å²) in [6.07, 6.45) is 10.4. The lowest BCUT2D eigenvalue weighted by molar-refractivity contribution is 0.258. The lowest BCUT2D eigenvalue weighted by atomic mass is 10.1. The molecule has 5 nitrogen and oxygen atoms in total. The van der Waals surface area contributed by atoms with Crippen LogP contribution in [0.5, 0.6) is 17.2 Å². The quantitative estimate of drug-likeness (QED) is 0.243. The molecule has 0 aliphatic carbocycles. The minimum Gasteiger partial charge on any atom is -0.494 e. The molecular weight excluding hydrogens is 402 g/mol. The summed E-state index contributed by atoms with van der Waals surface area (Å²) >= 11 is 0. The Labute approximate surface area is 194 Å². The lowest BCUT2D eigenvalue weighted by Gasteiger charge is -2.19. The summed E-state index contributed by atoms with van der Waals surface area (Å²) in [4.78, 5) is 13.6. The van der Waals surface area contributed by atoms with Crippen LogP contribution in [0.1, 0.15) is 91.9 Å². The summed E-state index contributed by atoms with van der Waals surface area (Å²) in [7, 11) is 0. The highest BCUT2D eigenvalue weighted by Crippen LogP contribution is 2.35. The van der Waals surface area contributed by atoms with Crippen molar-refractivity contribution in [1.29, 1.82) is 0 Å². The highest BCUT2D eigenvalue weighted by molar-refractivity contribution is 5.89. The van der Waals surface area contributed by atoms with Crippen molar-refractivity contribution in [2.75, 3.05) is 19.8 Å². The van der Waals surface area contributed by atoms with E-state index in [2.05, 4.69) is 27.7 Å². The Hall–Kier alpha value is -2.17. The normalized spacial score (nSPS) is 11.1. The van der Waals surface area contributed by atoms with Crippen molar-refractivity contribution < 1.29 is 14.2 Å². The van der Waals surface area contributed by atoms with Crippen LogP contribution in [0.4, 0.5) is 0 Å². The molecule has 32 heavy (non-hydrogen) atoms. The van der Waals surface area contributed by atoms with E-state index >= 15 is 0 Å². The number of pyridine rings is 1. The summed E-state index contributed by atoms with van der Waals surface area (Å²) in [5.41, 5.74) is 0.765. The van der Waals surface area contributed by atoms with Crippen molar-refractivity contribution >= 4 is 10.9 Å². The molecule has 0 unspecified atom stereocenters. The lowest BCUT2D eigenvalue weighted by Crippen LogP contribution is -2.24. The maximum absolute atomic E-state index is 13.6. The summed E-state index contributed by atoms with van der Waals surface area (Å²) in [5, 5.41) is 0.920. The number of nitrogens with zero attached hydrogens (tertiary/aromatic N) is 1. The van der Waals surface area contributed by atoms with Crippen LogP contribution in [0.2, 0.25) is 0 Å². The molecular formula is C27H43NO4. The summed E-state index contributed by atoms with van der Waals surface area (Å²) in [6.45, 7) is 11.1. The standard InChI is InChI=1S/C27H43NO4/c1-5-9-13-14-20-32-26-25(31-19-12-8-4)23-16-15-22(30-18-11-7-3)21-24(23)28(27(26)29)17-10-6-2/h15-16,21H,5-14,17-20H2,1-4H3. The molecule has 2 aromatic rings. The number of ether oxygens (including phenoxy) is 3. The number of benzene rings is 1. The zero-order valence-corrected chi connectivity index (χ0v) is 20.7. The summed E-state index contributed by atoms with van der Waals surface area (Å²) in [5.74, 6) is 1.74. The zero-order valence-electron chi connectivity index (χ0n) is 20.7. The monoisotopic (exact) mass is 445 g/mol. The molecule has 2 rings (SSSR count). The van der Waals surface area contributed by atoms with Gasteiger partial charge in [-0.1, -0.05) is 66.2 Å². The van der Waals surface area contributed by atoms with Gasteiger partial charge in [0.2, 0.25) is 5.75 Å². The number of aryl methyl sites for hydroxylation is 1. The van der Waals surface area contributed by atoms with Crippen LogP contribution in [-0.2, 0) is 6.54 Å². The topological polar surface area (TPSA) is 49.7 Å². The smallest absolute Gasteiger partial charge is 0.297 e. The highest BCUT2D eigenvalue weighted by atomic mass is 16.5. The minimum absolute atomic E-state index is 0.0985. The number of hydrogen-bond donors (Lipinski definition) is 0. The fraction of sp³-hybridized carbons (Fsp3) is 0.667. The van der Waals surface area contributed by atoms with Crippen LogP contribution in [0, 0.1) is 0 Å². The first kappa shape index (κ1) is 26.1. The van der Waals surface area contributed by atoms with E-state index in [1.807, 2.05) is 22.8 Å². The molecule has 0 saturated heterocycles. The SMILES string of the molecule is CCCCCCOc1c(OCCCC)c2ccc(OCCCC)cc2n(CCCC)c1=O. The molecule has 5 heteroatoms. The number of fused-ring (bicyclic) bond motifs is 1. The van der Waals surface area contributed by atoms with Crippen LogP contribution in [0.3, 0.4) is 0 Å². The second-order valence-corrected chi connectivity index (χ2v) is 8.46. The Balaban J connectivity index is 2.49. The predicted molar refractivity (Wildman–Crippen MR) is 134 cm³/mol. The van der Waals surface area contributed by atoms with Gasteiger partial charge < -0.3 is 18.8 Å². The maximum atomic E-state index is 13.6. The van der Waals surface area contributed by atoms with Crippen LogP contribution < -0.4 is 19.8 Å². The third kappa shape index (κ3) is 7.46. The zero-order chi connectivity index (χ0) is 23.2. The third-order valence-corrected chi connectivity index (χ3v) is 5.64. The first-order valence-electron chi connectivity index (χ1n) is 12.8. The molecule has 1 aromatic heterocycles. The molecule has 1 heterocycles. The van der Waals surface area contributed by atoms with Crippen LogP contribution in [-0.4, -0.2) is 24.4 Å². The molecule has 180 valence electrons. The molecule has 1 aromatic carbocycles. The van der Waals surface area contributed by atoms with Gasteiger partial charge in [0.1, 0.15) is 5.75 Å². The second kappa shape index (κ2) is 14.8. The largest absolute Gasteiger partial charge is 0.494 e. The van der Waals surface area contributed by atoms with Gasteiger partial charge in [0.05, 0.1) is 25.3 Å². The Bertz CT molecular complexity index is 859. The number of aromatic nitrogens is 1. The van der Waals surface area contributed by atoms with Gasteiger partial charge in [0.15, 0.2) is 5.75 Å². The van der Waals surface area contributed by atoms with Gasteiger partial charge in [0, 0.05) is 18.0 Å². The van der Waals surface area contributed by atoms with Gasteiger partial charge in [-0.05, 0) is 37.8 Å². The average molecular weight is 446 g/mol. The first-order chi connectivity index (χ1) is 15.7. The van der Waals surface area contributed by atoms with Crippen molar-refractivity contribution in [3.63, 3.8) is 0 Å². The van der Waals surface area contributed by atoms with Gasteiger partial charge in [-0.15, -0.1) is 0 Å². The molecule has 0 N–H and O–H groups in total. The molecule has 0 aliphatic heterocycles. The Kier molecular flexibility index (Phi) is 12.1. The molecule has 0 atom stereocenters. The van der Waals surface area contributed by atoms with Crippen molar-refractivity contribution in [2.45, 2.75) is 98.4 Å². The molecule has 0 spiro atoms. The first-order valence-corrected chi connectivity index (χ1v) is 12.8. The van der Waals surface area contributed by atoms with Crippen molar-refractivity contribution in [3.8, 4) is 17.2 Å². The van der Waals surface area contributed by atoms with Crippen molar-refractivity contribution in [1.82, 2.24) is 4.57 Å². The second-order valence-electron chi connectivity index (χ2n) is 8.46. The van der Waals surface area contributed by atoms with Crippen LogP contribution in [0.25, 0.3) is 10.9 Å². The molecule has 0 radical (unpaired) electrons. The highest BCUT2D eigenvalue weighted by Gasteiger charge is 2.20. The Morgan fingerprint density at radius 3 is 2.00 bits per heavy atom. The van der Waals surface area contributed by atoms with Gasteiger partial charge >= 0.3 is 0 Å². The fourth-order valence-corrected chi connectivity index (χ4v) is 3.63. The number of hydrogen-bond acceptors (Lipinski definition) is 4. The fourth-order valence-electron chi connectivity index (χ4n) is 3.63. The van der Waals surface area contributed by atoms with Gasteiger partial charge in [0.25, 0.3) is 5.56 Å². The van der Waals surface area contributed by atoms with Crippen molar-refractivity contribution in [3.05, 3.63) is 28.6 Å². The number of rotatable bonds is 17. The molecule has 0 bridgehead atoms. The molecule has 0 amide bonds.